The summed E-state index contributed by atoms with van der Waals surface area (Å²) in [5, 5.41) is 0.358. The summed E-state index contributed by atoms with van der Waals surface area (Å²) in [7, 11) is 0. The van der Waals surface area contributed by atoms with Gasteiger partial charge in [0.2, 0.25) is 0 Å². The van der Waals surface area contributed by atoms with Crippen LogP contribution in [0.3, 0.4) is 0 Å². The average Bonchev–Trinajstić information content (AvgIpc) is 2.45. The van der Waals surface area contributed by atoms with E-state index in [-0.39, 0.29) is 5.78 Å². The number of carbonyl (C=O) groups is 1. The van der Waals surface area contributed by atoms with Gasteiger partial charge in [-0.15, -0.1) is 0 Å². The Hall–Kier alpha value is -0.670. The van der Waals surface area contributed by atoms with Crippen LogP contribution in [0.5, 0.6) is 0 Å². The lowest BCUT2D eigenvalue weighted by atomic mass is 10.1. The van der Waals surface area contributed by atoms with Crippen LogP contribution in [-0.2, 0) is 0 Å². The van der Waals surface area contributed by atoms with Crippen LogP contribution in [0.1, 0.15) is 10.4 Å². The topological polar surface area (TPSA) is 17.1 Å². The molecule has 0 aromatic rings. The van der Waals surface area contributed by atoms with Crippen molar-refractivity contribution in [1.29, 1.82) is 0 Å². The second kappa shape index (κ2) is 4.45. The molecule has 15 heavy (non-hydrogen) atoms. The van der Waals surface area contributed by atoms with Crippen molar-refractivity contribution in [3.05, 3.63) is 46.4 Å². The number of fused-ring (bicyclic) bond motifs is 1. The third kappa shape index (κ3) is 1.99. The Labute approximate surface area is 105 Å². The Kier molecular flexibility index (Phi) is 3.22. The van der Waals surface area contributed by atoms with Crippen LogP contribution in [0.2, 0.25) is 0 Å². The van der Waals surface area contributed by atoms with E-state index in [1.54, 1.807) is 0 Å². The van der Waals surface area contributed by atoms with Crippen molar-refractivity contribution in [1.82, 2.24) is 0 Å². The molecule has 0 N–H and O–H groups in total. The molecule has 0 aromatic heterocycles. The summed E-state index contributed by atoms with van der Waals surface area (Å²) in [5.41, 5.74) is 2.84. The molecule has 0 bridgehead atoms. The maximum atomic E-state index is 11.7. The molecule has 0 spiro atoms. The first kappa shape index (κ1) is 10.8. The number of rotatable bonds is 2. The number of carbonyl (C=O) groups excluding carboxylic acids is 1. The molecule has 76 valence electrons. The number of alkyl halides is 1. The third-order valence-electron chi connectivity index (χ3n) is 2.28. The summed E-state index contributed by atoms with van der Waals surface area (Å²) in [6, 6.07) is 11.7. The molecule has 2 aliphatic rings. The van der Waals surface area contributed by atoms with Gasteiger partial charge in [-0.1, -0.05) is 62.2 Å². The molecule has 2 aliphatic carbocycles. The minimum atomic E-state index is 0.108. The van der Waals surface area contributed by atoms with Crippen molar-refractivity contribution in [2.75, 3.05) is 5.33 Å². The second-order valence-electron chi connectivity index (χ2n) is 3.20. The fourth-order valence-electron chi connectivity index (χ4n) is 1.58. The molecule has 2 rings (SSSR count). The van der Waals surface area contributed by atoms with Crippen LogP contribution in [0.15, 0.2) is 40.9 Å². The number of Topliss-reactive ketones (excluding diaryl/α,β-unsaturated/α-hetero) is 1. The van der Waals surface area contributed by atoms with Crippen molar-refractivity contribution in [2.45, 2.75) is 0 Å². The Balaban J connectivity index is 2.67. The molecule has 0 aromatic carbocycles. The van der Waals surface area contributed by atoms with Crippen LogP contribution in [0, 0.1) is 0 Å². The predicted octanol–water partition coefficient (Wildman–Crippen LogP) is 4.13. The van der Waals surface area contributed by atoms with Crippen LogP contribution in [0.25, 0.3) is 11.1 Å². The van der Waals surface area contributed by atoms with E-state index in [1.165, 1.54) is 0 Å². The SMILES string of the molecule is O=C(CBr)c1cc(Br)c2cccccc1-2. The molecule has 0 fully saturated rings. The highest BCUT2D eigenvalue weighted by Crippen LogP contribution is 2.35. The summed E-state index contributed by atoms with van der Waals surface area (Å²) in [4.78, 5) is 11.7. The predicted molar refractivity (Wildman–Crippen MR) is 68.9 cm³/mol. The van der Waals surface area contributed by atoms with Gasteiger partial charge < -0.3 is 0 Å². The summed E-state index contributed by atoms with van der Waals surface area (Å²) in [5.74, 6) is 0.108. The van der Waals surface area contributed by atoms with Gasteiger partial charge in [0.15, 0.2) is 5.78 Å². The minimum absolute atomic E-state index is 0.108. The zero-order valence-electron chi connectivity index (χ0n) is 7.84. The van der Waals surface area contributed by atoms with E-state index in [9.17, 15) is 4.79 Å². The van der Waals surface area contributed by atoms with Gasteiger partial charge in [0.05, 0.1) is 5.33 Å². The highest BCUT2D eigenvalue weighted by atomic mass is 79.9. The lowest BCUT2D eigenvalue weighted by molar-refractivity contribution is 0.102. The van der Waals surface area contributed by atoms with Crippen molar-refractivity contribution in [2.24, 2.45) is 0 Å². The number of ketones is 1. The summed E-state index contributed by atoms with van der Waals surface area (Å²) >= 11 is 6.66. The lowest BCUT2D eigenvalue weighted by Gasteiger charge is -1.97. The van der Waals surface area contributed by atoms with Crippen LogP contribution >= 0.6 is 31.9 Å². The Bertz CT molecular complexity index is 479. The fourth-order valence-corrected chi connectivity index (χ4v) is 2.45. The molecule has 0 saturated carbocycles. The largest absolute Gasteiger partial charge is 0.293 e. The van der Waals surface area contributed by atoms with Crippen molar-refractivity contribution in [3.63, 3.8) is 0 Å². The number of halogens is 2. The van der Waals surface area contributed by atoms with Gasteiger partial charge in [-0.3, -0.25) is 4.79 Å². The van der Waals surface area contributed by atoms with Crippen LogP contribution in [0.4, 0.5) is 0 Å². The standard InChI is InChI=1S/C12H8Br2O/c13-7-12(15)10-6-11(14)9-5-3-1-2-4-8(9)10/h1-6H,7H2. The fraction of sp³-hybridized carbons (Fsp3) is 0.0833. The highest BCUT2D eigenvalue weighted by molar-refractivity contribution is 9.10. The molecule has 0 unspecified atom stereocenters. The second-order valence-corrected chi connectivity index (χ2v) is 4.62. The van der Waals surface area contributed by atoms with Crippen molar-refractivity contribution < 1.29 is 4.79 Å². The first-order valence-corrected chi connectivity index (χ1v) is 6.42. The molecular formula is C12H8Br2O. The molecule has 0 radical (unpaired) electrons. The molecule has 0 saturated heterocycles. The van der Waals surface area contributed by atoms with E-state index in [4.69, 9.17) is 0 Å². The van der Waals surface area contributed by atoms with Gasteiger partial charge in [0.1, 0.15) is 0 Å². The Morgan fingerprint density at radius 3 is 2.47 bits per heavy atom. The maximum Gasteiger partial charge on any atom is 0.174 e. The van der Waals surface area contributed by atoms with E-state index in [2.05, 4.69) is 31.9 Å². The van der Waals surface area contributed by atoms with Gasteiger partial charge in [-0.25, -0.2) is 0 Å². The first-order valence-electron chi connectivity index (χ1n) is 4.50. The number of hydrogen-bond donors (Lipinski definition) is 0. The summed E-state index contributed by atoms with van der Waals surface area (Å²) in [6.45, 7) is 0. The summed E-state index contributed by atoms with van der Waals surface area (Å²) in [6.07, 6.45) is 0. The van der Waals surface area contributed by atoms with Gasteiger partial charge in [0.25, 0.3) is 0 Å². The van der Waals surface area contributed by atoms with E-state index in [0.717, 1.165) is 21.2 Å². The average molecular weight is 328 g/mol. The third-order valence-corrected chi connectivity index (χ3v) is 3.44. The van der Waals surface area contributed by atoms with Gasteiger partial charge >= 0.3 is 0 Å². The highest BCUT2D eigenvalue weighted by Gasteiger charge is 2.17. The van der Waals surface area contributed by atoms with E-state index in [0.29, 0.717) is 5.33 Å². The van der Waals surface area contributed by atoms with E-state index >= 15 is 0 Å². The molecule has 0 aliphatic heterocycles. The van der Waals surface area contributed by atoms with Crippen molar-refractivity contribution >= 4 is 37.6 Å². The van der Waals surface area contributed by atoms with Crippen molar-refractivity contribution in [3.8, 4) is 11.1 Å². The molecule has 0 atom stereocenters. The monoisotopic (exact) mass is 326 g/mol. The molecule has 0 heterocycles. The summed E-state index contributed by atoms with van der Waals surface area (Å²) < 4.78 is 0.970. The van der Waals surface area contributed by atoms with Crippen LogP contribution in [-0.4, -0.2) is 11.1 Å². The maximum absolute atomic E-state index is 11.7. The van der Waals surface area contributed by atoms with Gasteiger partial charge in [-0.05, 0) is 17.2 Å². The number of hydrogen-bond acceptors (Lipinski definition) is 1. The Morgan fingerprint density at radius 2 is 1.80 bits per heavy atom. The molecule has 3 heteroatoms. The first-order chi connectivity index (χ1) is 7.24. The van der Waals surface area contributed by atoms with E-state index < -0.39 is 0 Å². The zero-order valence-corrected chi connectivity index (χ0v) is 11.0. The quantitative estimate of drug-likeness (QED) is 0.598. The lowest BCUT2D eigenvalue weighted by Crippen LogP contribution is -1.98. The normalized spacial score (nSPS) is 10.5. The Morgan fingerprint density at radius 1 is 1.13 bits per heavy atom. The smallest absolute Gasteiger partial charge is 0.174 e. The molecular weight excluding hydrogens is 320 g/mol. The zero-order chi connectivity index (χ0) is 10.8. The minimum Gasteiger partial charge on any atom is -0.293 e. The molecule has 1 nitrogen and oxygen atoms in total. The van der Waals surface area contributed by atoms with Gasteiger partial charge in [-0.2, -0.15) is 0 Å². The van der Waals surface area contributed by atoms with Gasteiger partial charge in [0, 0.05) is 10.0 Å². The van der Waals surface area contributed by atoms with E-state index in [1.807, 2.05) is 36.4 Å². The molecule has 0 amide bonds. The van der Waals surface area contributed by atoms with Crippen LogP contribution < -0.4 is 0 Å².